The van der Waals surface area contributed by atoms with Gasteiger partial charge in [-0.3, -0.25) is 0 Å². The Kier molecular flexibility index (Phi) is 5.09. The van der Waals surface area contributed by atoms with E-state index in [0.29, 0.717) is 11.7 Å². The van der Waals surface area contributed by atoms with Crippen LogP contribution in [-0.4, -0.2) is 23.6 Å². The second kappa shape index (κ2) is 7.63. The van der Waals surface area contributed by atoms with E-state index in [9.17, 15) is 4.79 Å². The average Bonchev–Trinajstić information content (AvgIpc) is 3.38. The number of rotatable bonds is 7. The molecule has 0 atom stereocenters. The number of nitrogens with zero attached hydrogens (tertiary/aromatic N) is 1. The zero-order valence-corrected chi connectivity index (χ0v) is 13.1. The lowest BCUT2D eigenvalue weighted by atomic mass is 10.1. The molecule has 23 heavy (non-hydrogen) atoms. The van der Waals surface area contributed by atoms with Crippen molar-refractivity contribution in [1.82, 2.24) is 10.3 Å². The van der Waals surface area contributed by atoms with E-state index in [4.69, 9.17) is 0 Å². The number of anilines is 2. The smallest absolute Gasteiger partial charge is 0.319 e. The molecule has 1 fully saturated rings. The molecule has 0 saturated heterocycles. The van der Waals surface area contributed by atoms with Gasteiger partial charge >= 0.3 is 6.03 Å². The van der Waals surface area contributed by atoms with E-state index in [0.717, 1.165) is 38.0 Å². The molecule has 1 aromatic heterocycles. The summed E-state index contributed by atoms with van der Waals surface area (Å²) in [7, 11) is 0. The predicted octanol–water partition coefficient (Wildman–Crippen LogP) is 3.41. The molecule has 0 bridgehead atoms. The van der Waals surface area contributed by atoms with Crippen molar-refractivity contribution in [2.24, 2.45) is 0 Å². The number of aryl methyl sites for hydroxylation is 1. The molecule has 0 spiro atoms. The van der Waals surface area contributed by atoms with Crippen molar-refractivity contribution in [1.29, 1.82) is 0 Å². The van der Waals surface area contributed by atoms with Crippen LogP contribution in [-0.2, 0) is 6.42 Å². The number of carbonyl (C=O) groups is 1. The van der Waals surface area contributed by atoms with E-state index in [-0.39, 0.29) is 6.03 Å². The van der Waals surface area contributed by atoms with Gasteiger partial charge in [0.05, 0.1) is 11.9 Å². The van der Waals surface area contributed by atoms with Gasteiger partial charge in [-0.25, -0.2) is 9.78 Å². The molecule has 1 saturated carbocycles. The maximum absolute atomic E-state index is 11.6. The number of carbonyl (C=O) groups excluding carboxylic acids is 1. The number of aromatic nitrogens is 1. The lowest BCUT2D eigenvalue weighted by Crippen LogP contribution is -2.30. The highest BCUT2D eigenvalue weighted by Crippen LogP contribution is 2.19. The van der Waals surface area contributed by atoms with Crippen molar-refractivity contribution in [3.8, 4) is 0 Å². The Bertz CT molecular complexity index is 623. The van der Waals surface area contributed by atoms with Gasteiger partial charge in [0.1, 0.15) is 5.82 Å². The lowest BCUT2D eigenvalue weighted by Gasteiger charge is -2.08. The minimum absolute atomic E-state index is 0.155. The molecule has 3 rings (SSSR count). The van der Waals surface area contributed by atoms with Gasteiger partial charge < -0.3 is 16.0 Å². The maximum atomic E-state index is 11.6. The molecule has 5 nitrogen and oxygen atoms in total. The molecule has 2 aromatic rings. The SMILES string of the molecule is O=C(Nc1ccc(NCCCc2ccccc2)nc1)NC1CC1. The van der Waals surface area contributed by atoms with Crippen LogP contribution in [0, 0.1) is 0 Å². The quantitative estimate of drug-likeness (QED) is 0.687. The number of amides is 2. The van der Waals surface area contributed by atoms with Crippen molar-refractivity contribution in [2.45, 2.75) is 31.7 Å². The second-order valence-corrected chi connectivity index (χ2v) is 5.82. The van der Waals surface area contributed by atoms with Crippen LogP contribution in [0.4, 0.5) is 16.3 Å². The molecule has 1 heterocycles. The zero-order valence-electron chi connectivity index (χ0n) is 13.1. The normalized spacial score (nSPS) is 13.4. The molecule has 0 aliphatic heterocycles. The second-order valence-electron chi connectivity index (χ2n) is 5.82. The number of pyridine rings is 1. The van der Waals surface area contributed by atoms with Gasteiger partial charge in [0.25, 0.3) is 0 Å². The molecule has 5 heteroatoms. The van der Waals surface area contributed by atoms with E-state index in [1.807, 2.05) is 18.2 Å². The van der Waals surface area contributed by atoms with Gasteiger partial charge in [0.15, 0.2) is 0 Å². The average molecular weight is 310 g/mol. The molecule has 120 valence electrons. The summed E-state index contributed by atoms with van der Waals surface area (Å²) >= 11 is 0. The summed E-state index contributed by atoms with van der Waals surface area (Å²) in [6.07, 6.45) is 5.94. The summed E-state index contributed by atoms with van der Waals surface area (Å²) in [5.41, 5.74) is 2.06. The monoisotopic (exact) mass is 310 g/mol. The maximum Gasteiger partial charge on any atom is 0.319 e. The first-order chi connectivity index (χ1) is 11.3. The highest BCUT2D eigenvalue weighted by atomic mass is 16.2. The summed E-state index contributed by atoms with van der Waals surface area (Å²) < 4.78 is 0. The third-order valence-corrected chi connectivity index (χ3v) is 3.73. The first-order valence-corrected chi connectivity index (χ1v) is 8.11. The molecule has 1 aliphatic carbocycles. The van der Waals surface area contributed by atoms with Crippen LogP contribution in [0.3, 0.4) is 0 Å². The number of urea groups is 1. The number of nitrogens with one attached hydrogen (secondary N) is 3. The fraction of sp³-hybridized carbons (Fsp3) is 0.333. The Morgan fingerprint density at radius 3 is 2.65 bits per heavy atom. The van der Waals surface area contributed by atoms with Crippen molar-refractivity contribution in [3.63, 3.8) is 0 Å². The Balaban J connectivity index is 1.37. The molecular formula is C18H22N4O. The molecule has 2 amide bonds. The summed E-state index contributed by atoms with van der Waals surface area (Å²) in [4.78, 5) is 15.9. The molecule has 3 N–H and O–H groups in total. The van der Waals surface area contributed by atoms with Gasteiger partial charge in [0.2, 0.25) is 0 Å². The first kappa shape index (κ1) is 15.3. The Morgan fingerprint density at radius 1 is 1.13 bits per heavy atom. The van der Waals surface area contributed by atoms with Crippen LogP contribution in [0.1, 0.15) is 24.8 Å². The fourth-order valence-electron chi connectivity index (χ4n) is 2.31. The third kappa shape index (κ3) is 5.29. The molecule has 1 aromatic carbocycles. The van der Waals surface area contributed by atoms with Crippen molar-refractivity contribution in [3.05, 3.63) is 54.2 Å². The van der Waals surface area contributed by atoms with Crippen LogP contribution in [0.15, 0.2) is 48.7 Å². The predicted molar refractivity (Wildman–Crippen MR) is 92.7 cm³/mol. The third-order valence-electron chi connectivity index (χ3n) is 3.73. The summed E-state index contributed by atoms with van der Waals surface area (Å²) in [6.45, 7) is 0.872. The van der Waals surface area contributed by atoms with Crippen LogP contribution in [0.2, 0.25) is 0 Å². The summed E-state index contributed by atoms with van der Waals surface area (Å²) in [6, 6.07) is 14.4. The molecular weight excluding hydrogens is 288 g/mol. The zero-order chi connectivity index (χ0) is 15.9. The largest absolute Gasteiger partial charge is 0.370 e. The van der Waals surface area contributed by atoms with Crippen LogP contribution < -0.4 is 16.0 Å². The lowest BCUT2D eigenvalue weighted by molar-refractivity contribution is 0.251. The highest BCUT2D eigenvalue weighted by molar-refractivity contribution is 5.89. The van der Waals surface area contributed by atoms with Crippen LogP contribution >= 0.6 is 0 Å². The highest BCUT2D eigenvalue weighted by Gasteiger charge is 2.23. The number of hydrogen-bond donors (Lipinski definition) is 3. The van der Waals surface area contributed by atoms with E-state index >= 15 is 0 Å². The first-order valence-electron chi connectivity index (χ1n) is 8.11. The van der Waals surface area contributed by atoms with Crippen LogP contribution in [0.5, 0.6) is 0 Å². The summed E-state index contributed by atoms with van der Waals surface area (Å²) in [5.74, 6) is 0.825. The van der Waals surface area contributed by atoms with Gasteiger partial charge in [-0.05, 0) is 43.4 Å². The number of benzene rings is 1. The fourth-order valence-corrected chi connectivity index (χ4v) is 2.31. The minimum atomic E-state index is -0.155. The van der Waals surface area contributed by atoms with Crippen LogP contribution in [0.25, 0.3) is 0 Å². The van der Waals surface area contributed by atoms with Gasteiger partial charge in [-0.1, -0.05) is 30.3 Å². The van der Waals surface area contributed by atoms with Crippen molar-refractivity contribution < 1.29 is 4.79 Å². The van der Waals surface area contributed by atoms with Gasteiger partial charge in [-0.2, -0.15) is 0 Å². The molecule has 0 unspecified atom stereocenters. The standard InChI is InChI=1S/C18H22N4O/c23-18(21-15-8-9-15)22-16-10-11-17(20-13-16)19-12-4-7-14-5-2-1-3-6-14/h1-3,5-6,10-11,13,15H,4,7-9,12H2,(H,19,20)(H2,21,22,23). The van der Waals surface area contributed by atoms with Gasteiger partial charge in [-0.15, -0.1) is 0 Å². The minimum Gasteiger partial charge on any atom is -0.370 e. The van der Waals surface area contributed by atoms with Gasteiger partial charge in [0, 0.05) is 12.6 Å². The Hall–Kier alpha value is -2.56. The van der Waals surface area contributed by atoms with E-state index < -0.39 is 0 Å². The number of hydrogen-bond acceptors (Lipinski definition) is 3. The van der Waals surface area contributed by atoms with E-state index in [2.05, 4.69) is 45.2 Å². The van der Waals surface area contributed by atoms with Crippen molar-refractivity contribution >= 4 is 17.5 Å². The Labute approximate surface area is 136 Å². The summed E-state index contributed by atoms with van der Waals surface area (Å²) in [5, 5.41) is 8.97. The van der Waals surface area contributed by atoms with Crippen molar-refractivity contribution in [2.75, 3.05) is 17.2 Å². The topological polar surface area (TPSA) is 66.0 Å². The molecule has 0 radical (unpaired) electrons. The van der Waals surface area contributed by atoms with E-state index in [1.54, 1.807) is 6.20 Å². The molecule has 1 aliphatic rings. The Morgan fingerprint density at radius 2 is 1.96 bits per heavy atom. The van der Waals surface area contributed by atoms with E-state index in [1.165, 1.54) is 5.56 Å².